The summed E-state index contributed by atoms with van der Waals surface area (Å²) in [6.07, 6.45) is 2.82. The van der Waals surface area contributed by atoms with Gasteiger partial charge in [0.2, 0.25) is 0 Å². The van der Waals surface area contributed by atoms with Gasteiger partial charge >= 0.3 is 0 Å². The number of amides is 1. The molecule has 0 heterocycles. The van der Waals surface area contributed by atoms with E-state index in [1.165, 1.54) is 0 Å². The topological polar surface area (TPSA) is 41.1 Å². The number of benzene rings is 1. The Hall–Kier alpha value is -1.77. The van der Waals surface area contributed by atoms with Crippen molar-refractivity contribution in [3.63, 3.8) is 0 Å². The van der Waals surface area contributed by atoms with Gasteiger partial charge in [0.1, 0.15) is 0 Å². The zero-order chi connectivity index (χ0) is 14.3. The largest absolute Gasteiger partial charge is 0.382 e. The minimum atomic E-state index is -0.0681. The fourth-order valence-corrected chi connectivity index (χ4v) is 1.74. The fourth-order valence-electron chi connectivity index (χ4n) is 1.74. The summed E-state index contributed by atoms with van der Waals surface area (Å²) in [5.41, 5.74) is 1.72. The number of rotatable bonds is 7. The highest BCUT2D eigenvalue weighted by atomic mass is 16.1. The maximum Gasteiger partial charge on any atom is 0.251 e. The molecule has 2 atom stereocenters. The SMILES string of the molecule is C=CCNC(=O)c1ccc(NC(C)C(C)CC)cc1. The van der Waals surface area contributed by atoms with Crippen molar-refractivity contribution in [1.29, 1.82) is 0 Å². The van der Waals surface area contributed by atoms with E-state index in [-0.39, 0.29) is 5.91 Å². The minimum absolute atomic E-state index is 0.0681. The number of carbonyl (C=O) groups is 1. The van der Waals surface area contributed by atoms with Gasteiger partial charge in [0, 0.05) is 23.8 Å². The van der Waals surface area contributed by atoms with Crippen LogP contribution in [0.15, 0.2) is 36.9 Å². The Morgan fingerprint density at radius 1 is 1.32 bits per heavy atom. The molecule has 0 aliphatic rings. The standard InChI is InChI=1S/C16H24N2O/c1-5-11-17-16(19)14-7-9-15(10-8-14)18-13(4)12(3)6-2/h5,7-10,12-13,18H,1,6,11H2,2-4H3,(H,17,19). The van der Waals surface area contributed by atoms with Crippen LogP contribution in [-0.2, 0) is 0 Å². The molecule has 3 heteroatoms. The molecular weight excluding hydrogens is 236 g/mol. The van der Waals surface area contributed by atoms with Crippen molar-refractivity contribution in [3.05, 3.63) is 42.5 Å². The van der Waals surface area contributed by atoms with Gasteiger partial charge in [-0.3, -0.25) is 4.79 Å². The molecule has 1 aromatic rings. The third kappa shape index (κ3) is 4.78. The molecule has 0 saturated carbocycles. The van der Waals surface area contributed by atoms with Crippen LogP contribution >= 0.6 is 0 Å². The van der Waals surface area contributed by atoms with Crippen LogP contribution < -0.4 is 10.6 Å². The van der Waals surface area contributed by atoms with E-state index in [0.717, 1.165) is 12.1 Å². The van der Waals surface area contributed by atoms with Gasteiger partial charge in [0.15, 0.2) is 0 Å². The smallest absolute Gasteiger partial charge is 0.251 e. The lowest BCUT2D eigenvalue weighted by Crippen LogP contribution is -2.24. The monoisotopic (exact) mass is 260 g/mol. The van der Waals surface area contributed by atoms with Crippen LogP contribution in [0.3, 0.4) is 0 Å². The van der Waals surface area contributed by atoms with Gasteiger partial charge in [-0.2, -0.15) is 0 Å². The number of nitrogens with one attached hydrogen (secondary N) is 2. The lowest BCUT2D eigenvalue weighted by molar-refractivity contribution is 0.0958. The third-order valence-corrected chi connectivity index (χ3v) is 3.45. The summed E-state index contributed by atoms with van der Waals surface area (Å²) >= 11 is 0. The van der Waals surface area contributed by atoms with Gasteiger partial charge in [-0.15, -0.1) is 6.58 Å². The maximum atomic E-state index is 11.7. The Morgan fingerprint density at radius 2 is 1.95 bits per heavy atom. The Bertz CT molecular complexity index is 411. The van der Waals surface area contributed by atoms with E-state index < -0.39 is 0 Å². The van der Waals surface area contributed by atoms with Gasteiger partial charge in [-0.25, -0.2) is 0 Å². The van der Waals surface area contributed by atoms with Gasteiger partial charge in [0.05, 0.1) is 0 Å². The van der Waals surface area contributed by atoms with Crippen molar-refractivity contribution < 1.29 is 4.79 Å². The second-order valence-corrected chi connectivity index (χ2v) is 4.89. The number of hydrogen-bond donors (Lipinski definition) is 2. The predicted octanol–water partition coefficient (Wildman–Crippen LogP) is 3.45. The maximum absolute atomic E-state index is 11.7. The molecule has 0 aromatic heterocycles. The first-order chi connectivity index (χ1) is 9.08. The molecule has 0 saturated heterocycles. The van der Waals surface area contributed by atoms with E-state index in [2.05, 4.69) is 38.0 Å². The zero-order valence-electron chi connectivity index (χ0n) is 12.1. The molecule has 0 fully saturated rings. The first kappa shape index (κ1) is 15.3. The molecule has 0 radical (unpaired) electrons. The second-order valence-electron chi connectivity index (χ2n) is 4.89. The molecule has 0 spiro atoms. The summed E-state index contributed by atoms with van der Waals surface area (Å²) < 4.78 is 0. The number of hydrogen-bond acceptors (Lipinski definition) is 2. The molecule has 2 N–H and O–H groups in total. The summed E-state index contributed by atoms with van der Waals surface area (Å²) in [5.74, 6) is 0.553. The number of anilines is 1. The zero-order valence-corrected chi connectivity index (χ0v) is 12.1. The molecule has 104 valence electrons. The quantitative estimate of drug-likeness (QED) is 0.737. The summed E-state index contributed by atoms with van der Waals surface area (Å²) in [7, 11) is 0. The van der Waals surface area contributed by atoms with Crippen LogP contribution in [0.4, 0.5) is 5.69 Å². The minimum Gasteiger partial charge on any atom is -0.382 e. The van der Waals surface area contributed by atoms with E-state index in [1.54, 1.807) is 6.08 Å². The average molecular weight is 260 g/mol. The lowest BCUT2D eigenvalue weighted by atomic mass is 10.0. The van der Waals surface area contributed by atoms with E-state index in [0.29, 0.717) is 24.1 Å². The Kier molecular flexibility index (Phi) is 6.13. The first-order valence-corrected chi connectivity index (χ1v) is 6.84. The Labute approximate surface area is 116 Å². The summed E-state index contributed by atoms with van der Waals surface area (Å²) in [5, 5.41) is 6.21. The number of carbonyl (C=O) groups excluding carboxylic acids is 1. The van der Waals surface area contributed by atoms with E-state index in [9.17, 15) is 4.79 Å². The average Bonchev–Trinajstić information content (AvgIpc) is 2.44. The first-order valence-electron chi connectivity index (χ1n) is 6.84. The molecule has 2 unspecified atom stereocenters. The van der Waals surface area contributed by atoms with Crippen LogP contribution in [-0.4, -0.2) is 18.5 Å². The van der Waals surface area contributed by atoms with Crippen LogP contribution in [0.1, 0.15) is 37.6 Å². The molecule has 19 heavy (non-hydrogen) atoms. The van der Waals surface area contributed by atoms with Gasteiger partial charge < -0.3 is 10.6 Å². The van der Waals surface area contributed by atoms with E-state index in [4.69, 9.17) is 0 Å². The van der Waals surface area contributed by atoms with Gasteiger partial charge in [-0.1, -0.05) is 26.3 Å². The molecule has 1 rings (SSSR count). The highest BCUT2D eigenvalue weighted by Crippen LogP contribution is 2.15. The molecule has 3 nitrogen and oxygen atoms in total. The molecular formula is C16H24N2O. The van der Waals surface area contributed by atoms with Crippen molar-refractivity contribution in [2.75, 3.05) is 11.9 Å². The van der Waals surface area contributed by atoms with Crippen molar-refractivity contribution in [2.45, 2.75) is 33.2 Å². The Balaban J connectivity index is 2.61. The highest BCUT2D eigenvalue weighted by Gasteiger charge is 2.10. The van der Waals surface area contributed by atoms with E-state index >= 15 is 0 Å². The predicted molar refractivity (Wildman–Crippen MR) is 81.5 cm³/mol. The molecule has 0 aliphatic carbocycles. The van der Waals surface area contributed by atoms with Crippen LogP contribution in [0.2, 0.25) is 0 Å². The molecule has 0 bridgehead atoms. The van der Waals surface area contributed by atoms with Crippen LogP contribution in [0, 0.1) is 5.92 Å². The Morgan fingerprint density at radius 3 is 2.47 bits per heavy atom. The van der Waals surface area contributed by atoms with Gasteiger partial charge in [0.25, 0.3) is 5.91 Å². The van der Waals surface area contributed by atoms with Crippen molar-refractivity contribution in [2.24, 2.45) is 5.92 Å². The molecule has 1 amide bonds. The summed E-state index contributed by atoms with van der Waals surface area (Å²) in [6, 6.07) is 7.99. The van der Waals surface area contributed by atoms with E-state index in [1.807, 2.05) is 24.3 Å². The van der Waals surface area contributed by atoms with Crippen molar-refractivity contribution in [1.82, 2.24) is 5.32 Å². The second kappa shape index (κ2) is 7.62. The highest BCUT2D eigenvalue weighted by molar-refractivity contribution is 5.94. The van der Waals surface area contributed by atoms with Crippen molar-refractivity contribution in [3.8, 4) is 0 Å². The molecule has 0 aliphatic heterocycles. The van der Waals surface area contributed by atoms with Crippen molar-refractivity contribution >= 4 is 11.6 Å². The normalized spacial score (nSPS) is 13.4. The van der Waals surface area contributed by atoms with Crippen LogP contribution in [0.25, 0.3) is 0 Å². The summed E-state index contributed by atoms with van der Waals surface area (Å²) in [4.78, 5) is 11.7. The molecule has 1 aromatic carbocycles. The van der Waals surface area contributed by atoms with Gasteiger partial charge in [-0.05, 0) is 37.1 Å². The lowest BCUT2D eigenvalue weighted by Gasteiger charge is -2.21. The third-order valence-electron chi connectivity index (χ3n) is 3.45. The van der Waals surface area contributed by atoms with Crippen LogP contribution in [0.5, 0.6) is 0 Å². The summed E-state index contributed by atoms with van der Waals surface area (Å²) in [6.45, 7) is 10.7. The fraction of sp³-hybridized carbons (Fsp3) is 0.438.